The monoisotopic (exact) mass is 340 g/mol. The second-order valence-electron chi connectivity index (χ2n) is 6.57. The second kappa shape index (κ2) is 7.66. The van der Waals surface area contributed by atoms with E-state index in [9.17, 15) is 9.59 Å². The molecular formula is C20H24N2O3. The van der Waals surface area contributed by atoms with Crippen molar-refractivity contribution in [1.82, 2.24) is 9.47 Å². The SMILES string of the molecule is CO[C@@H]1CCN(C(=O)c2cccc(=O)n2C)C[C@H]1Cc1ccccc1. The molecule has 0 aliphatic carbocycles. The van der Waals surface area contributed by atoms with Gasteiger partial charge in [0.05, 0.1) is 6.10 Å². The summed E-state index contributed by atoms with van der Waals surface area (Å²) in [6.45, 7) is 1.28. The lowest BCUT2D eigenvalue weighted by Gasteiger charge is -2.38. The maximum absolute atomic E-state index is 12.9. The lowest BCUT2D eigenvalue weighted by Crippen LogP contribution is -2.48. The Bertz CT molecular complexity index is 785. The Morgan fingerprint density at radius 1 is 1.16 bits per heavy atom. The van der Waals surface area contributed by atoms with Gasteiger partial charge in [0.1, 0.15) is 5.69 Å². The summed E-state index contributed by atoms with van der Waals surface area (Å²) in [4.78, 5) is 26.5. The first-order valence-corrected chi connectivity index (χ1v) is 8.62. The third kappa shape index (κ3) is 3.82. The van der Waals surface area contributed by atoms with Crippen LogP contribution >= 0.6 is 0 Å². The number of benzene rings is 1. The van der Waals surface area contributed by atoms with Gasteiger partial charge in [-0.3, -0.25) is 9.59 Å². The Labute approximate surface area is 147 Å². The van der Waals surface area contributed by atoms with Gasteiger partial charge in [0.25, 0.3) is 11.5 Å². The number of methoxy groups -OCH3 is 1. The van der Waals surface area contributed by atoms with Gasteiger partial charge in [0.2, 0.25) is 0 Å². The Kier molecular flexibility index (Phi) is 5.34. The van der Waals surface area contributed by atoms with Gasteiger partial charge in [-0.25, -0.2) is 0 Å². The highest BCUT2D eigenvalue weighted by atomic mass is 16.5. The molecule has 5 heteroatoms. The highest BCUT2D eigenvalue weighted by molar-refractivity contribution is 5.92. The van der Waals surface area contributed by atoms with E-state index in [4.69, 9.17) is 4.74 Å². The molecule has 2 heterocycles. The zero-order chi connectivity index (χ0) is 17.8. The number of carbonyl (C=O) groups is 1. The summed E-state index contributed by atoms with van der Waals surface area (Å²) in [6.07, 6.45) is 1.82. The molecule has 0 spiro atoms. The Morgan fingerprint density at radius 2 is 1.92 bits per heavy atom. The van der Waals surface area contributed by atoms with Gasteiger partial charge in [-0.1, -0.05) is 36.4 Å². The first kappa shape index (κ1) is 17.4. The molecule has 1 fully saturated rings. The molecule has 25 heavy (non-hydrogen) atoms. The molecule has 1 aliphatic rings. The topological polar surface area (TPSA) is 51.5 Å². The van der Waals surface area contributed by atoms with E-state index in [1.54, 1.807) is 26.3 Å². The molecule has 0 radical (unpaired) electrons. The number of piperidine rings is 1. The summed E-state index contributed by atoms with van der Waals surface area (Å²) >= 11 is 0. The number of nitrogens with zero attached hydrogens (tertiary/aromatic N) is 2. The van der Waals surface area contributed by atoms with Gasteiger partial charge < -0.3 is 14.2 Å². The fraction of sp³-hybridized carbons (Fsp3) is 0.400. The number of hydrogen-bond acceptors (Lipinski definition) is 3. The normalized spacial score (nSPS) is 20.5. The number of aromatic nitrogens is 1. The van der Waals surface area contributed by atoms with Gasteiger partial charge >= 0.3 is 0 Å². The maximum Gasteiger partial charge on any atom is 0.270 e. The summed E-state index contributed by atoms with van der Waals surface area (Å²) < 4.78 is 7.07. The molecule has 2 aromatic rings. The minimum atomic E-state index is -0.168. The Morgan fingerprint density at radius 3 is 2.64 bits per heavy atom. The van der Waals surface area contributed by atoms with E-state index < -0.39 is 0 Å². The summed E-state index contributed by atoms with van der Waals surface area (Å²) in [5.41, 5.74) is 1.51. The molecule has 1 aromatic carbocycles. The van der Waals surface area contributed by atoms with E-state index in [1.807, 2.05) is 23.1 Å². The number of carbonyl (C=O) groups excluding carboxylic acids is 1. The number of likely N-dealkylation sites (tertiary alicyclic amines) is 1. The first-order chi connectivity index (χ1) is 12.1. The van der Waals surface area contributed by atoms with Crippen LogP contribution in [0, 0.1) is 5.92 Å². The average molecular weight is 340 g/mol. The highest BCUT2D eigenvalue weighted by Gasteiger charge is 2.32. The van der Waals surface area contributed by atoms with Gasteiger partial charge in [0.15, 0.2) is 0 Å². The van der Waals surface area contributed by atoms with Crippen LogP contribution < -0.4 is 5.56 Å². The molecule has 1 amide bonds. The molecule has 132 valence electrons. The molecule has 2 atom stereocenters. The minimum absolute atomic E-state index is 0.0900. The number of pyridine rings is 1. The molecule has 0 saturated carbocycles. The maximum atomic E-state index is 12.9. The van der Waals surface area contributed by atoms with Crippen LogP contribution in [0.4, 0.5) is 0 Å². The third-order valence-corrected chi connectivity index (χ3v) is 5.00. The van der Waals surface area contributed by atoms with Crippen LogP contribution in [0.1, 0.15) is 22.5 Å². The van der Waals surface area contributed by atoms with Crippen molar-refractivity contribution in [1.29, 1.82) is 0 Å². The van der Waals surface area contributed by atoms with Crippen molar-refractivity contribution in [3.05, 3.63) is 70.1 Å². The van der Waals surface area contributed by atoms with E-state index in [2.05, 4.69) is 12.1 Å². The molecule has 1 aliphatic heterocycles. The zero-order valence-electron chi connectivity index (χ0n) is 14.7. The molecule has 0 N–H and O–H groups in total. The number of amides is 1. The van der Waals surface area contributed by atoms with Crippen LogP contribution in [0.2, 0.25) is 0 Å². The van der Waals surface area contributed by atoms with Crippen LogP contribution in [0.15, 0.2) is 53.3 Å². The van der Waals surface area contributed by atoms with Gasteiger partial charge in [-0.2, -0.15) is 0 Å². The van der Waals surface area contributed by atoms with Crippen molar-refractivity contribution >= 4 is 5.91 Å². The summed E-state index contributed by atoms with van der Waals surface area (Å²) in [6, 6.07) is 15.1. The van der Waals surface area contributed by atoms with Crippen molar-refractivity contribution in [3.63, 3.8) is 0 Å². The van der Waals surface area contributed by atoms with Crippen LogP contribution in [-0.2, 0) is 18.2 Å². The van der Waals surface area contributed by atoms with Crippen molar-refractivity contribution in [3.8, 4) is 0 Å². The van der Waals surface area contributed by atoms with Crippen molar-refractivity contribution in [2.75, 3.05) is 20.2 Å². The van der Waals surface area contributed by atoms with Gasteiger partial charge in [-0.05, 0) is 24.5 Å². The lowest BCUT2D eigenvalue weighted by atomic mass is 9.88. The summed E-state index contributed by atoms with van der Waals surface area (Å²) in [5.74, 6) is 0.152. The average Bonchev–Trinajstić information content (AvgIpc) is 2.64. The molecule has 1 saturated heterocycles. The first-order valence-electron chi connectivity index (χ1n) is 8.62. The predicted molar refractivity (Wildman–Crippen MR) is 96.6 cm³/mol. The quantitative estimate of drug-likeness (QED) is 0.856. The van der Waals surface area contributed by atoms with Crippen LogP contribution in [-0.4, -0.2) is 41.7 Å². The van der Waals surface area contributed by atoms with E-state index >= 15 is 0 Å². The number of rotatable bonds is 4. The standard InChI is InChI=1S/C20H24N2O3/c1-21-17(9-6-10-19(21)23)20(24)22-12-11-18(25-2)16(14-22)13-15-7-4-3-5-8-15/h3-10,16,18H,11-14H2,1-2H3/t16-,18-/m1/s1. The van der Waals surface area contributed by atoms with Crippen molar-refractivity contribution in [2.45, 2.75) is 18.9 Å². The fourth-order valence-corrected chi connectivity index (χ4v) is 3.56. The van der Waals surface area contributed by atoms with Crippen LogP contribution in [0.3, 0.4) is 0 Å². The van der Waals surface area contributed by atoms with Crippen LogP contribution in [0.5, 0.6) is 0 Å². The molecule has 1 aromatic heterocycles. The fourth-order valence-electron chi connectivity index (χ4n) is 3.56. The lowest BCUT2D eigenvalue weighted by molar-refractivity contribution is -0.00331. The third-order valence-electron chi connectivity index (χ3n) is 5.00. The molecule has 0 bridgehead atoms. The van der Waals surface area contributed by atoms with Crippen LogP contribution in [0.25, 0.3) is 0 Å². The van der Waals surface area contributed by atoms with E-state index in [1.165, 1.54) is 16.2 Å². The number of hydrogen-bond donors (Lipinski definition) is 0. The Hall–Kier alpha value is -2.40. The largest absolute Gasteiger partial charge is 0.381 e. The molecule has 0 unspecified atom stereocenters. The number of ether oxygens (including phenoxy) is 1. The van der Waals surface area contributed by atoms with Crippen molar-refractivity contribution < 1.29 is 9.53 Å². The zero-order valence-corrected chi connectivity index (χ0v) is 14.7. The highest BCUT2D eigenvalue weighted by Crippen LogP contribution is 2.24. The Balaban J connectivity index is 1.78. The molecule has 5 nitrogen and oxygen atoms in total. The second-order valence-corrected chi connectivity index (χ2v) is 6.57. The van der Waals surface area contributed by atoms with Gasteiger partial charge in [-0.15, -0.1) is 0 Å². The molecular weight excluding hydrogens is 316 g/mol. The van der Waals surface area contributed by atoms with E-state index in [-0.39, 0.29) is 23.5 Å². The van der Waals surface area contributed by atoms with E-state index in [0.29, 0.717) is 18.8 Å². The predicted octanol–water partition coefficient (Wildman–Crippen LogP) is 2.11. The molecule has 3 rings (SSSR count). The minimum Gasteiger partial charge on any atom is -0.381 e. The summed E-state index contributed by atoms with van der Waals surface area (Å²) in [5, 5.41) is 0. The van der Waals surface area contributed by atoms with Gasteiger partial charge in [0, 0.05) is 39.2 Å². The smallest absolute Gasteiger partial charge is 0.270 e. The summed E-state index contributed by atoms with van der Waals surface area (Å²) in [7, 11) is 3.37. The van der Waals surface area contributed by atoms with E-state index in [0.717, 1.165) is 12.8 Å². The van der Waals surface area contributed by atoms with Crippen molar-refractivity contribution in [2.24, 2.45) is 13.0 Å².